The van der Waals surface area contributed by atoms with Crippen LogP contribution in [0.1, 0.15) is 13.3 Å². The maximum Gasteiger partial charge on any atom is 0.277 e. The van der Waals surface area contributed by atoms with Crippen LogP contribution in [-0.2, 0) is 0 Å². The van der Waals surface area contributed by atoms with Gasteiger partial charge in [-0.1, -0.05) is 6.92 Å². The van der Waals surface area contributed by atoms with Crippen LogP contribution in [0.25, 0.3) is 10.8 Å². The van der Waals surface area contributed by atoms with Crippen LogP contribution in [0, 0.1) is 10.1 Å². The minimum absolute atomic E-state index is 0.0404. The average molecular weight is 275 g/mol. The van der Waals surface area contributed by atoms with Crippen LogP contribution >= 0.6 is 0 Å². The second-order valence-corrected chi connectivity index (χ2v) is 4.49. The first kappa shape index (κ1) is 14.2. The highest BCUT2D eigenvalue weighted by atomic mass is 16.6. The molecule has 0 aliphatic carbocycles. The van der Waals surface area contributed by atoms with E-state index in [1.54, 1.807) is 24.5 Å². The van der Waals surface area contributed by atoms with Gasteiger partial charge in [0, 0.05) is 42.6 Å². The van der Waals surface area contributed by atoms with Gasteiger partial charge in [-0.3, -0.25) is 15.1 Å². The number of non-ortho nitro benzene ring substituents is 1. The third-order valence-corrected chi connectivity index (χ3v) is 3.17. The molecule has 1 N–H and O–H groups in total. The van der Waals surface area contributed by atoms with Crippen molar-refractivity contribution in [1.29, 1.82) is 0 Å². The number of nitro groups is 1. The van der Waals surface area contributed by atoms with E-state index in [1.807, 2.05) is 4.90 Å². The van der Waals surface area contributed by atoms with E-state index >= 15 is 0 Å². The molecule has 2 aromatic rings. The van der Waals surface area contributed by atoms with E-state index < -0.39 is 0 Å². The monoisotopic (exact) mass is 275 g/mol. The molecule has 1 aromatic carbocycles. The zero-order valence-corrected chi connectivity index (χ0v) is 11.3. The number of nitrogens with zero attached hydrogens (tertiary/aromatic N) is 3. The summed E-state index contributed by atoms with van der Waals surface area (Å²) in [6.07, 6.45) is 4.12. The smallest absolute Gasteiger partial charge is 0.277 e. The summed E-state index contributed by atoms with van der Waals surface area (Å²) in [6.45, 7) is 3.37. The van der Waals surface area contributed by atoms with Crippen molar-refractivity contribution in [2.75, 3.05) is 24.6 Å². The zero-order valence-electron chi connectivity index (χ0n) is 11.3. The molecule has 1 heterocycles. The number of pyridine rings is 1. The summed E-state index contributed by atoms with van der Waals surface area (Å²) in [5.74, 6) is 0. The zero-order chi connectivity index (χ0) is 14.5. The van der Waals surface area contributed by atoms with E-state index in [2.05, 4.69) is 11.9 Å². The Hall–Kier alpha value is -2.21. The fourth-order valence-electron chi connectivity index (χ4n) is 2.34. The standard InChI is InChI=1S/C14H17N3O3/c1-2-7-16(8-9-18)13-3-4-14(17(19)20)11-5-6-15-10-12(11)13/h3-6,10,18H,2,7-9H2,1H3. The van der Waals surface area contributed by atoms with Crippen molar-refractivity contribution < 1.29 is 10.0 Å². The van der Waals surface area contributed by atoms with Gasteiger partial charge in [0.15, 0.2) is 0 Å². The minimum atomic E-state index is -0.387. The molecular weight excluding hydrogens is 258 g/mol. The highest BCUT2D eigenvalue weighted by molar-refractivity contribution is 5.99. The van der Waals surface area contributed by atoms with Crippen molar-refractivity contribution in [2.45, 2.75) is 13.3 Å². The lowest BCUT2D eigenvalue weighted by atomic mass is 10.1. The van der Waals surface area contributed by atoms with Gasteiger partial charge in [-0.05, 0) is 18.6 Å². The van der Waals surface area contributed by atoms with E-state index in [9.17, 15) is 15.2 Å². The molecule has 6 heteroatoms. The van der Waals surface area contributed by atoms with Gasteiger partial charge in [-0.2, -0.15) is 0 Å². The first-order valence-electron chi connectivity index (χ1n) is 6.56. The molecule has 0 atom stereocenters. The van der Waals surface area contributed by atoms with Crippen LogP contribution < -0.4 is 4.90 Å². The number of aliphatic hydroxyl groups excluding tert-OH is 1. The predicted octanol–water partition coefficient (Wildman–Crippen LogP) is 2.35. The number of hydrogen-bond acceptors (Lipinski definition) is 5. The molecule has 0 aliphatic rings. The summed E-state index contributed by atoms with van der Waals surface area (Å²) in [5, 5.41) is 21.6. The van der Waals surface area contributed by atoms with Gasteiger partial charge in [0.05, 0.1) is 16.9 Å². The van der Waals surface area contributed by atoms with Crippen LogP contribution in [0.2, 0.25) is 0 Å². The number of aromatic nitrogens is 1. The topological polar surface area (TPSA) is 79.5 Å². The number of anilines is 1. The van der Waals surface area contributed by atoms with Crippen molar-refractivity contribution in [2.24, 2.45) is 0 Å². The molecular formula is C14H17N3O3. The Morgan fingerprint density at radius 1 is 1.30 bits per heavy atom. The molecule has 0 aliphatic heterocycles. The highest BCUT2D eigenvalue weighted by Crippen LogP contribution is 2.32. The second kappa shape index (κ2) is 6.29. The molecule has 0 bridgehead atoms. The number of aliphatic hydroxyl groups is 1. The summed E-state index contributed by atoms with van der Waals surface area (Å²) in [4.78, 5) is 16.8. The molecule has 2 rings (SSSR count). The molecule has 1 aromatic heterocycles. The molecule has 6 nitrogen and oxygen atoms in total. The predicted molar refractivity (Wildman–Crippen MR) is 78.0 cm³/mol. The van der Waals surface area contributed by atoms with E-state index in [4.69, 9.17) is 0 Å². The largest absolute Gasteiger partial charge is 0.395 e. The quantitative estimate of drug-likeness (QED) is 0.646. The number of hydrogen-bond donors (Lipinski definition) is 1. The van der Waals surface area contributed by atoms with Gasteiger partial charge in [0.2, 0.25) is 0 Å². The van der Waals surface area contributed by atoms with E-state index in [0.717, 1.165) is 24.0 Å². The average Bonchev–Trinajstić information content (AvgIpc) is 2.45. The Bertz CT molecular complexity index is 610. The molecule has 0 fully saturated rings. The Morgan fingerprint density at radius 2 is 2.10 bits per heavy atom. The summed E-state index contributed by atoms with van der Waals surface area (Å²) < 4.78 is 0. The fraction of sp³-hybridized carbons (Fsp3) is 0.357. The van der Waals surface area contributed by atoms with Crippen LogP contribution in [0.3, 0.4) is 0 Å². The summed E-state index contributed by atoms with van der Waals surface area (Å²) in [6, 6.07) is 4.89. The number of fused-ring (bicyclic) bond motifs is 1. The molecule has 0 spiro atoms. The summed E-state index contributed by atoms with van der Waals surface area (Å²) in [7, 11) is 0. The van der Waals surface area contributed by atoms with Crippen molar-refractivity contribution in [3.05, 3.63) is 40.7 Å². The van der Waals surface area contributed by atoms with Gasteiger partial charge in [0.1, 0.15) is 0 Å². The fourth-order valence-corrected chi connectivity index (χ4v) is 2.34. The molecule has 106 valence electrons. The molecule has 0 amide bonds. The van der Waals surface area contributed by atoms with Crippen molar-refractivity contribution in [3.63, 3.8) is 0 Å². The lowest BCUT2D eigenvalue weighted by molar-refractivity contribution is -0.383. The van der Waals surface area contributed by atoms with Gasteiger partial charge < -0.3 is 10.0 Å². The SMILES string of the molecule is CCCN(CCO)c1ccc([N+](=O)[O-])c2ccncc12. The molecule has 0 saturated carbocycles. The highest BCUT2D eigenvalue weighted by Gasteiger charge is 2.17. The lowest BCUT2D eigenvalue weighted by Crippen LogP contribution is -2.27. The number of benzene rings is 1. The maximum atomic E-state index is 11.1. The minimum Gasteiger partial charge on any atom is -0.395 e. The van der Waals surface area contributed by atoms with Gasteiger partial charge >= 0.3 is 0 Å². The van der Waals surface area contributed by atoms with Gasteiger partial charge in [-0.25, -0.2) is 0 Å². The third kappa shape index (κ3) is 2.70. The Labute approximate surface area is 116 Å². The molecule has 20 heavy (non-hydrogen) atoms. The summed E-state index contributed by atoms with van der Waals surface area (Å²) in [5.41, 5.74) is 0.946. The van der Waals surface area contributed by atoms with Gasteiger partial charge in [-0.15, -0.1) is 0 Å². The normalized spacial score (nSPS) is 10.7. The first-order chi connectivity index (χ1) is 9.69. The van der Waals surface area contributed by atoms with Gasteiger partial charge in [0.25, 0.3) is 5.69 Å². The van der Waals surface area contributed by atoms with Crippen molar-refractivity contribution >= 4 is 22.1 Å². The van der Waals surface area contributed by atoms with E-state index in [1.165, 1.54) is 6.07 Å². The lowest BCUT2D eigenvalue weighted by Gasteiger charge is -2.24. The third-order valence-electron chi connectivity index (χ3n) is 3.17. The van der Waals surface area contributed by atoms with Crippen LogP contribution in [0.5, 0.6) is 0 Å². The first-order valence-corrected chi connectivity index (χ1v) is 6.56. The molecule has 0 unspecified atom stereocenters. The van der Waals surface area contributed by atoms with Crippen molar-refractivity contribution in [3.8, 4) is 0 Å². The molecule has 0 radical (unpaired) electrons. The van der Waals surface area contributed by atoms with Crippen LogP contribution in [-0.4, -0.2) is 34.7 Å². The van der Waals surface area contributed by atoms with E-state index in [0.29, 0.717) is 11.9 Å². The maximum absolute atomic E-state index is 11.1. The van der Waals surface area contributed by atoms with Crippen LogP contribution in [0.15, 0.2) is 30.6 Å². The Kier molecular flexibility index (Phi) is 4.47. The second-order valence-electron chi connectivity index (χ2n) is 4.49. The number of rotatable bonds is 6. The van der Waals surface area contributed by atoms with Crippen molar-refractivity contribution in [1.82, 2.24) is 4.98 Å². The Balaban J connectivity index is 2.59. The number of nitro benzene ring substituents is 1. The summed E-state index contributed by atoms with van der Waals surface area (Å²) >= 11 is 0. The van der Waals surface area contributed by atoms with Crippen LogP contribution in [0.4, 0.5) is 11.4 Å². The Morgan fingerprint density at radius 3 is 2.75 bits per heavy atom. The molecule has 0 saturated heterocycles. The van der Waals surface area contributed by atoms with E-state index in [-0.39, 0.29) is 17.2 Å².